The van der Waals surface area contributed by atoms with Gasteiger partial charge in [0.1, 0.15) is 0 Å². The number of nitrogens with one attached hydrogen (secondary N) is 2. The van der Waals surface area contributed by atoms with Crippen LogP contribution in [-0.2, 0) is 6.42 Å². The third-order valence-electron chi connectivity index (χ3n) is 8.83. The van der Waals surface area contributed by atoms with E-state index in [1.807, 2.05) is 6.08 Å². The van der Waals surface area contributed by atoms with E-state index in [0.29, 0.717) is 0 Å². The van der Waals surface area contributed by atoms with E-state index in [1.54, 1.807) is 0 Å². The molecule has 4 heteroatoms. The summed E-state index contributed by atoms with van der Waals surface area (Å²) in [5.41, 5.74) is 19.6. The lowest BCUT2D eigenvalue weighted by atomic mass is 9.92. The molecular weight excluding hydrogens is 536 g/mol. The predicted molar refractivity (Wildman–Crippen MR) is 187 cm³/mol. The van der Waals surface area contributed by atoms with Crippen molar-refractivity contribution in [1.82, 2.24) is 19.9 Å². The zero-order chi connectivity index (χ0) is 30.5. The third kappa shape index (κ3) is 4.73. The first kappa shape index (κ1) is 27.6. The maximum Gasteiger partial charge on any atom is 0.0738 e. The van der Waals surface area contributed by atoms with Crippen molar-refractivity contribution in [2.45, 2.75) is 41.0 Å². The molecule has 0 saturated heterocycles. The monoisotopic (exact) mass is 572 g/mol. The van der Waals surface area contributed by atoms with Crippen molar-refractivity contribution in [2.24, 2.45) is 0 Å². The summed E-state index contributed by atoms with van der Waals surface area (Å²) in [4.78, 5) is 17.9. The van der Waals surface area contributed by atoms with Gasteiger partial charge in [-0.1, -0.05) is 48.0 Å². The Labute approximate surface area is 258 Å². The van der Waals surface area contributed by atoms with Crippen molar-refractivity contribution in [3.05, 3.63) is 129 Å². The molecule has 3 aromatic heterocycles. The van der Waals surface area contributed by atoms with Gasteiger partial charge in [-0.2, -0.15) is 0 Å². The van der Waals surface area contributed by atoms with Crippen LogP contribution in [0, 0.1) is 34.6 Å². The van der Waals surface area contributed by atoms with Gasteiger partial charge in [-0.25, -0.2) is 9.97 Å². The molecule has 0 saturated carbocycles. The number of aromatic nitrogens is 4. The first-order chi connectivity index (χ1) is 21.3. The lowest BCUT2D eigenvalue weighted by molar-refractivity contribution is 1.23. The van der Waals surface area contributed by atoms with E-state index in [9.17, 15) is 0 Å². The molecule has 0 aliphatic carbocycles. The summed E-state index contributed by atoms with van der Waals surface area (Å²) in [6.07, 6.45) is 11.3. The molecular formula is C40H36N4. The minimum Gasteiger partial charge on any atom is -0.355 e. The molecule has 44 heavy (non-hydrogen) atoms. The molecule has 2 aliphatic rings. The Bertz CT molecular complexity index is 2080. The highest BCUT2D eigenvalue weighted by Gasteiger charge is 2.19. The largest absolute Gasteiger partial charge is 0.355 e. The Kier molecular flexibility index (Phi) is 6.78. The summed E-state index contributed by atoms with van der Waals surface area (Å²) in [5.74, 6) is 0. The average Bonchev–Trinajstić information content (AvgIpc) is 3.83. The molecule has 0 unspecified atom stereocenters. The topological polar surface area (TPSA) is 57.4 Å². The van der Waals surface area contributed by atoms with Crippen molar-refractivity contribution in [3.8, 4) is 22.3 Å². The quantitative estimate of drug-likeness (QED) is 0.206. The van der Waals surface area contributed by atoms with Gasteiger partial charge >= 0.3 is 0 Å². The van der Waals surface area contributed by atoms with Crippen LogP contribution in [0.2, 0.25) is 0 Å². The Morgan fingerprint density at radius 1 is 0.568 bits per heavy atom. The fraction of sp³-hybridized carbons (Fsp3) is 0.150. The maximum atomic E-state index is 5.22. The van der Waals surface area contributed by atoms with E-state index >= 15 is 0 Å². The minimum atomic E-state index is 0.850. The smallest absolute Gasteiger partial charge is 0.0738 e. The molecule has 2 aromatic carbocycles. The van der Waals surface area contributed by atoms with Gasteiger partial charge in [0, 0.05) is 33.2 Å². The van der Waals surface area contributed by atoms with Crippen LogP contribution in [0.25, 0.3) is 68.6 Å². The summed E-state index contributed by atoms with van der Waals surface area (Å²) in [5, 5.41) is 0. The second-order valence-corrected chi connectivity index (χ2v) is 12.0. The van der Waals surface area contributed by atoms with Crippen molar-refractivity contribution in [2.75, 3.05) is 0 Å². The number of benzene rings is 2. The average molecular weight is 573 g/mol. The molecule has 8 bridgehead atoms. The van der Waals surface area contributed by atoms with Crippen LogP contribution in [-0.4, -0.2) is 19.9 Å². The number of hydrogen-bond acceptors (Lipinski definition) is 2. The molecule has 5 heterocycles. The molecule has 2 aliphatic heterocycles. The molecule has 2 N–H and O–H groups in total. The molecule has 0 radical (unpaired) electrons. The van der Waals surface area contributed by atoms with E-state index in [2.05, 4.69) is 136 Å². The van der Waals surface area contributed by atoms with Crippen LogP contribution in [0.3, 0.4) is 0 Å². The van der Waals surface area contributed by atoms with Gasteiger partial charge in [0.25, 0.3) is 0 Å². The van der Waals surface area contributed by atoms with Crippen molar-refractivity contribution < 1.29 is 0 Å². The van der Waals surface area contributed by atoms with Gasteiger partial charge in [-0.3, -0.25) is 0 Å². The Balaban J connectivity index is 1.59. The lowest BCUT2D eigenvalue weighted by Gasteiger charge is -2.13. The SMILES string of the molecule is C=CCc1ccc(-c2c3ccc([nH]3)c(C)c3nc(c(-c4c(C)cc(C)cc4C)c4nc(c(C)c5ccc2[nH]5)C=C4)C=C3)cc1. The summed E-state index contributed by atoms with van der Waals surface area (Å²) in [6, 6.07) is 21.9. The van der Waals surface area contributed by atoms with Crippen molar-refractivity contribution >= 4 is 46.4 Å². The molecule has 0 amide bonds. The molecule has 0 fully saturated rings. The number of nitrogens with zero attached hydrogens (tertiary/aromatic N) is 2. The van der Waals surface area contributed by atoms with Gasteiger partial charge in [0.05, 0.1) is 22.8 Å². The highest BCUT2D eigenvalue weighted by atomic mass is 14.8. The number of fused-ring (bicyclic) bond motifs is 8. The van der Waals surface area contributed by atoms with Crippen LogP contribution in [0.15, 0.2) is 73.3 Å². The lowest BCUT2D eigenvalue weighted by Crippen LogP contribution is -1.96. The Hall–Kier alpha value is -5.22. The minimum absolute atomic E-state index is 0.850. The van der Waals surface area contributed by atoms with Gasteiger partial charge in [-0.15, -0.1) is 6.58 Å². The second kappa shape index (κ2) is 10.8. The third-order valence-corrected chi connectivity index (χ3v) is 8.83. The van der Waals surface area contributed by atoms with Gasteiger partial charge < -0.3 is 9.97 Å². The number of rotatable bonds is 4. The summed E-state index contributed by atoms with van der Waals surface area (Å²) in [7, 11) is 0. The molecule has 5 aromatic rings. The standard InChI is InChI=1S/C40H36N4/c1-7-8-28-9-11-29(12-10-28)39-34-17-13-30(41-34)26(5)32-15-19-36(43-32)40(38-24(3)21-23(2)22-25(38)4)37-20-16-33(44-37)27(6)31-14-18-35(39)42-31/h7,9-22,41-42H,1,8H2,2-6H3. The Morgan fingerprint density at radius 3 is 1.55 bits per heavy atom. The number of hydrogen-bond donors (Lipinski definition) is 2. The van der Waals surface area contributed by atoms with Gasteiger partial charge in [0.2, 0.25) is 0 Å². The number of aromatic amines is 2. The fourth-order valence-electron chi connectivity index (χ4n) is 6.61. The second-order valence-electron chi connectivity index (χ2n) is 12.0. The van der Waals surface area contributed by atoms with E-state index < -0.39 is 0 Å². The predicted octanol–water partition coefficient (Wildman–Crippen LogP) is 10.3. The normalized spacial score (nSPS) is 12.2. The number of allylic oxidation sites excluding steroid dienone is 1. The molecule has 0 spiro atoms. The van der Waals surface area contributed by atoms with Gasteiger partial charge in [-0.05, 0) is 129 Å². The zero-order valence-electron chi connectivity index (χ0n) is 26.0. The fourth-order valence-corrected chi connectivity index (χ4v) is 6.61. The molecule has 7 rings (SSSR count). The van der Waals surface area contributed by atoms with Gasteiger partial charge in [0.15, 0.2) is 0 Å². The van der Waals surface area contributed by atoms with Crippen LogP contribution < -0.4 is 0 Å². The number of H-pyrrole nitrogens is 2. The summed E-state index contributed by atoms with van der Waals surface area (Å²) < 4.78 is 0. The van der Waals surface area contributed by atoms with E-state index in [4.69, 9.17) is 9.97 Å². The maximum absolute atomic E-state index is 5.22. The van der Waals surface area contributed by atoms with E-state index in [-0.39, 0.29) is 0 Å². The Morgan fingerprint density at radius 2 is 1.05 bits per heavy atom. The van der Waals surface area contributed by atoms with E-state index in [1.165, 1.54) is 27.8 Å². The van der Waals surface area contributed by atoms with Crippen LogP contribution >= 0.6 is 0 Å². The van der Waals surface area contributed by atoms with Crippen LogP contribution in [0.1, 0.15) is 56.2 Å². The highest BCUT2D eigenvalue weighted by molar-refractivity contribution is 5.95. The van der Waals surface area contributed by atoms with Crippen molar-refractivity contribution in [1.29, 1.82) is 0 Å². The summed E-state index contributed by atoms with van der Waals surface area (Å²) >= 11 is 0. The number of aryl methyl sites for hydroxylation is 5. The summed E-state index contributed by atoms with van der Waals surface area (Å²) in [6.45, 7) is 14.7. The van der Waals surface area contributed by atoms with Crippen LogP contribution in [0.4, 0.5) is 0 Å². The highest BCUT2D eigenvalue weighted by Crippen LogP contribution is 2.37. The molecule has 216 valence electrons. The van der Waals surface area contributed by atoms with Crippen LogP contribution in [0.5, 0.6) is 0 Å². The first-order valence-electron chi connectivity index (χ1n) is 15.2. The van der Waals surface area contributed by atoms with E-state index in [0.717, 1.165) is 79.1 Å². The molecule has 4 nitrogen and oxygen atoms in total. The van der Waals surface area contributed by atoms with Crippen molar-refractivity contribution in [3.63, 3.8) is 0 Å². The first-order valence-corrected chi connectivity index (χ1v) is 15.2. The zero-order valence-corrected chi connectivity index (χ0v) is 26.0. The molecule has 0 atom stereocenters.